The molecule has 0 amide bonds. The molecule has 0 fully saturated rings. The Morgan fingerprint density at radius 1 is 1.15 bits per heavy atom. The van der Waals surface area contributed by atoms with Crippen LogP contribution in [0.5, 0.6) is 0 Å². The zero-order chi connectivity index (χ0) is 10.3. The third kappa shape index (κ3) is 2.43. The van der Waals surface area contributed by atoms with E-state index in [4.69, 9.17) is 0 Å². The molecular weight excluding hydrogens is 184 g/mol. The number of tetrazole rings is 1. The number of nitrogens with zero attached hydrogens (tertiary/aromatic N) is 4. The second-order valence-corrected chi connectivity index (χ2v) is 5.74. The van der Waals surface area contributed by atoms with Crippen molar-refractivity contribution in [1.82, 2.24) is 20.2 Å². The summed E-state index contributed by atoms with van der Waals surface area (Å²) in [6.45, 7) is 10.0. The van der Waals surface area contributed by atoms with Gasteiger partial charge < -0.3 is 0 Å². The van der Waals surface area contributed by atoms with Crippen molar-refractivity contribution in [1.29, 1.82) is 0 Å². The molecule has 13 heavy (non-hydrogen) atoms. The predicted molar refractivity (Wildman–Crippen MR) is 54.8 cm³/mol. The topological polar surface area (TPSA) is 43.6 Å². The summed E-state index contributed by atoms with van der Waals surface area (Å²) >= 11 is 4.35. The molecule has 0 aliphatic carbocycles. The predicted octanol–water partition coefficient (Wildman–Crippen LogP) is 1.59. The van der Waals surface area contributed by atoms with Crippen molar-refractivity contribution in [2.24, 2.45) is 0 Å². The summed E-state index contributed by atoms with van der Waals surface area (Å²) in [4.78, 5) is 1.13. The lowest BCUT2D eigenvalue weighted by molar-refractivity contribution is 0.408. The highest BCUT2D eigenvalue weighted by Gasteiger charge is 2.24. The van der Waals surface area contributed by atoms with Crippen LogP contribution in [0.1, 0.15) is 40.4 Å². The van der Waals surface area contributed by atoms with Crippen LogP contribution in [0.4, 0.5) is 0 Å². The Bertz CT molecular complexity index is 263. The van der Waals surface area contributed by atoms with E-state index in [1.807, 2.05) is 13.8 Å². The molecule has 74 valence electrons. The van der Waals surface area contributed by atoms with Crippen molar-refractivity contribution < 1.29 is 0 Å². The number of rotatable bonds is 1. The first-order valence-electron chi connectivity index (χ1n) is 4.24. The van der Waals surface area contributed by atoms with Gasteiger partial charge in [0.1, 0.15) is 4.87 Å². The second-order valence-electron chi connectivity index (χ2n) is 4.65. The van der Waals surface area contributed by atoms with Crippen LogP contribution in [-0.2, 0) is 10.3 Å². The maximum Gasteiger partial charge on any atom is 0.180 e. The Morgan fingerprint density at radius 3 is 1.92 bits per heavy atom. The first kappa shape index (κ1) is 10.5. The van der Waals surface area contributed by atoms with Gasteiger partial charge in [0.25, 0.3) is 0 Å². The van der Waals surface area contributed by atoms with E-state index in [1.54, 1.807) is 0 Å². The molecule has 4 nitrogen and oxygen atoms in total. The lowest BCUT2D eigenvalue weighted by atomic mass is 9.96. The summed E-state index contributed by atoms with van der Waals surface area (Å²) in [5.41, 5.74) is -0.0583. The molecule has 0 spiro atoms. The highest BCUT2D eigenvalue weighted by molar-refractivity contribution is 7.81. The van der Waals surface area contributed by atoms with E-state index in [2.05, 4.69) is 48.8 Å². The zero-order valence-corrected chi connectivity index (χ0v) is 9.63. The number of aromatic nitrogens is 4. The Kier molecular flexibility index (Phi) is 2.40. The van der Waals surface area contributed by atoms with Gasteiger partial charge in [-0.15, -0.1) is 27.6 Å². The standard InChI is InChI=1S/C8H16N4S/c1-7(2,3)6-9-11-12(10-6)8(4,5)13/h13H,1-5H3. The minimum atomic E-state index is -0.392. The van der Waals surface area contributed by atoms with E-state index in [0.29, 0.717) is 0 Å². The summed E-state index contributed by atoms with van der Waals surface area (Å²) < 4.78 is 0. The van der Waals surface area contributed by atoms with Gasteiger partial charge in [-0.3, -0.25) is 0 Å². The molecule has 0 aromatic carbocycles. The maximum absolute atomic E-state index is 4.35. The van der Waals surface area contributed by atoms with Crippen LogP contribution in [-0.4, -0.2) is 20.2 Å². The zero-order valence-electron chi connectivity index (χ0n) is 8.74. The quantitative estimate of drug-likeness (QED) is 0.700. The molecule has 0 unspecified atom stereocenters. The Morgan fingerprint density at radius 2 is 1.69 bits per heavy atom. The molecule has 1 heterocycles. The third-order valence-corrected chi connectivity index (χ3v) is 1.75. The first-order valence-corrected chi connectivity index (χ1v) is 4.69. The van der Waals surface area contributed by atoms with E-state index < -0.39 is 4.87 Å². The fraction of sp³-hybridized carbons (Fsp3) is 0.875. The van der Waals surface area contributed by atoms with Gasteiger partial charge in [-0.25, -0.2) is 0 Å². The smallest absolute Gasteiger partial charge is 0.149 e. The maximum atomic E-state index is 4.35. The van der Waals surface area contributed by atoms with Gasteiger partial charge in [0.15, 0.2) is 5.82 Å². The van der Waals surface area contributed by atoms with E-state index in [-0.39, 0.29) is 5.41 Å². The SMILES string of the molecule is CC(C)(C)c1nnn(C(C)(C)S)n1. The average molecular weight is 200 g/mol. The van der Waals surface area contributed by atoms with Crippen molar-refractivity contribution in [2.75, 3.05) is 0 Å². The fourth-order valence-corrected chi connectivity index (χ4v) is 0.831. The van der Waals surface area contributed by atoms with Crippen LogP contribution in [0.25, 0.3) is 0 Å². The second kappa shape index (κ2) is 2.97. The molecule has 1 aromatic heterocycles. The molecule has 0 radical (unpaired) electrons. The minimum absolute atomic E-state index is 0.0583. The largest absolute Gasteiger partial charge is 0.180 e. The molecule has 0 bridgehead atoms. The summed E-state index contributed by atoms with van der Waals surface area (Å²) in [6.07, 6.45) is 0. The number of hydrogen-bond donors (Lipinski definition) is 1. The van der Waals surface area contributed by atoms with Crippen LogP contribution in [0.15, 0.2) is 0 Å². The fourth-order valence-electron chi connectivity index (χ4n) is 0.746. The van der Waals surface area contributed by atoms with Crippen LogP contribution < -0.4 is 0 Å². The van der Waals surface area contributed by atoms with Crippen molar-refractivity contribution >= 4 is 12.6 Å². The molecule has 1 aromatic rings. The van der Waals surface area contributed by atoms with Crippen molar-refractivity contribution in [3.63, 3.8) is 0 Å². The van der Waals surface area contributed by atoms with Gasteiger partial charge >= 0.3 is 0 Å². The van der Waals surface area contributed by atoms with Crippen LogP contribution >= 0.6 is 12.6 Å². The Labute approximate surface area is 84.1 Å². The van der Waals surface area contributed by atoms with Gasteiger partial charge in [-0.1, -0.05) is 20.8 Å². The van der Waals surface area contributed by atoms with Gasteiger partial charge in [0, 0.05) is 5.41 Å². The summed E-state index contributed by atoms with van der Waals surface area (Å²) in [5.74, 6) is 0.745. The normalized spacial score (nSPS) is 13.4. The minimum Gasteiger partial charge on any atom is -0.149 e. The van der Waals surface area contributed by atoms with Crippen LogP contribution in [0.2, 0.25) is 0 Å². The molecule has 0 aliphatic rings. The van der Waals surface area contributed by atoms with Gasteiger partial charge in [0.2, 0.25) is 0 Å². The first-order chi connectivity index (χ1) is 5.71. The molecule has 0 aliphatic heterocycles. The van der Waals surface area contributed by atoms with Crippen LogP contribution in [0.3, 0.4) is 0 Å². The lowest BCUT2D eigenvalue weighted by Crippen LogP contribution is -2.23. The van der Waals surface area contributed by atoms with Crippen molar-refractivity contribution in [3.05, 3.63) is 5.82 Å². The molecule has 0 saturated heterocycles. The Balaban J connectivity index is 3.01. The van der Waals surface area contributed by atoms with E-state index >= 15 is 0 Å². The average Bonchev–Trinajstić information content (AvgIpc) is 2.28. The van der Waals surface area contributed by atoms with E-state index in [1.165, 1.54) is 4.80 Å². The Hall–Kier alpha value is -0.580. The van der Waals surface area contributed by atoms with Crippen LogP contribution in [0, 0.1) is 0 Å². The van der Waals surface area contributed by atoms with E-state index in [9.17, 15) is 0 Å². The molecular formula is C8H16N4S. The third-order valence-electron chi connectivity index (χ3n) is 1.57. The highest BCUT2D eigenvalue weighted by atomic mass is 32.1. The summed E-state index contributed by atoms with van der Waals surface area (Å²) in [7, 11) is 0. The molecule has 5 heteroatoms. The monoisotopic (exact) mass is 200 g/mol. The lowest BCUT2D eigenvalue weighted by Gasteiger charge is -2.15. The molecule has 0 N–H and O–H groups in total. The van der Waals surface area contributed by atoms with Crippen molar-refractivity contribution in [3.8, 4) is 0 Å². The molecule has 0 atom stereocenters. The summed E-state index contributed by atoms with van der Waals surface area (Å²) in [6, 6.07) is 0. The number of hydrogen-bond acceptors (Lipinski definition) is 4. The molecule has 1 rings (SSSR count). The number of thiol groups is 1. The molecule has 0 saturated carbocycles. The van der Waals surface area contributed by atoms with Gasteiger partial charge in [-0.2, -0.15) is 0 Å². The van der Waals surface area contributed by atoms with E-state index in [0.717, 1.165) is 5.82 Å². The summed E-state index contributed by atoms with van der Waals surface area (Å²) in [5, 5.41) is 12.2. The van der Waals surface area contributed by atoms with Gasteiger partial charge in [0.05, 0.1) is 0 Å². The highest BCUT2D eigenvalue weighted by Crippen LogP contribution is 2.20. The van der Waals surface area contributed by atoms with Crippen molar-refractivity contribution in [2.45, 2.75) is 44.9 Å². The van der Waals surface area contributed by atoms with Gasteiger partial charge in [-0.05, 0) is 19.1 Å².